The van der Waals surface area contributed by atoms with E-state index < -0.39 is 10.0 Å². The third kappa shape index (κ3) is 6.53. The second kappa shape index (κ2) is 11.3. The van der Waals surface area contributed by atoms with E-state index in [1.165, 1.54) is 13.2 Å². The van der Waals surface area contributed by atoms with Gasteiger partial charge in [-0.25, -0.2) is 13.1 Å². The van der Waals surface area contributed by atoms with Crippen LogP contribution in [0.3, 0.4) is 0 Å². The Kier molecular flexibility index (Phi) is 8.15. The molecular weight excluding hydrogens is 456 g/mol. The lowest BCUT2D eigenvalue weighted by Gasteiger charge is -2.28. The van der Waals surface area contributed by atoms with E-state index in [-0.39, 0.29) is 22.6 Å². The zero-order chi connectivity index (χ0) is 24.0. The van der Waals surface area contributed by atoms with E-state index in [2.05, 4.69) is 14.6 Å². The lowest BCUT2D eigenvalue weighted by molar-refractivity contribution is 0.0355. The number of carbonyl (C=O) groups excluding carboxylic acids is 1. The molecule has 2 aliphatic rings. The largest absolute Gasteiger partial charge is 0.495 e. The number of rotatable bonds is 11. The van der Waals surface area contributed by atoms with Gasteiger partial charge in [-0.2, -0.15) is 0 Å². The van der Waals surface area contributed by atoms with Crippen LogP contribution in [0, 0.1) is 0 Å². The molecule has 0 atom stereocenters. The van der Waals surface area contributed by atoms with E-state index >= 15 is 0 Å². The van der Waals surface area contributed by atoms with Gasteiger partial charge in [0.25, 0.3) is 5.91 Å². The fourth-order valence-corrected chi connectivity index (χ4v) is 5.46. The maximum Gasteiger partial charge on any atom is 0.254 e. The molecule has 0 spiro atoms. The number of carbonyl (C=O) groups is 1. The quantitative estimate of drug-likeness (QED) is 0.516. The number of nitrogens with one attached hydrogen (secondary N) is 1. The molecule has 0 bridgehead atoms. The summed E-state index contributed by atoms with van der Waals surface area (Å²) >= 11 is 0. The van der Waals surface area contributed by atoms with Crippen LogP contribution in [0.1, 0.15) is 35.2 Å². The van der Waals surface area contributed by atoms with Gasteiger partial charge in [0.2, 0.25) is 10.0 Å². The van der Waals surface area contributed by atoms with Gasteiger partial charge in [0, 0.05) is 56.7 Å². The lowest BCUT2D eigenvalue weighted by atomic mass is 10.1. The van der Waals surface area contributed by atoms with E-state index in [0.717, 1.165) is 57.7 Å². The Morgan fingerprint density at radius 3 is 2.62 bits per heavy atom. The molecule has 1 aromatic carbocycles. The molecule has 2 aromatic rings. The molecule has 4 rings (SSSR count). The molecule has 1 aliphatic heterocycles. The third-order valence-electron chi connectivity index (χ3n) is 6.02. The normalized spacial score (nSPS) is 16.9. The van der Waals surface area contributed by atoms with Crippen molar-refractivity contribution in [1.29, 1.82) is 0 Å². The first-order valence-electron chi connectivity index (χ1n) is 11.6. The number of benzene rings is 1. The van der Waals surface area contributed by atoms with Crippen LogP contribution < -0.4 is 9.46 Å². The van der Waals surface area contributed by atoms with Crippen molar-refractivity contribution < 1.29 is 22.7 Å². The summed E-state index contributed by atoms with van der Waals surface area (Å²) in [6.45, 7) is 5.09. The van der Waals surface area contributed by atoms with Gasteiger partial charge in [-0.1, -0.05) is 0 Å². The van der Waals surface area contributed by atoms with E-state index in [4.69, 9.17) is 9.47 Å². The molecule has 1 saturated carbocycles. The highest BCUT2D eigenvalue weighted by Gasteiger charge is 2.31. The number of sulfonamides is 1. The van der Waals surface area contributed by atoms with Gasteiger partial charge >= 0.3 is 0 Å². The first-order valence-corrected chi connectivity index (χ1v) is 13.1. The first-order chi connectivity index (χ1) is 16.5. The molecule has 2 fully saturated rings. The summed E-state index contributed by atoms with van der Waals surface area (Å²) in [7, 11) is -2.36. The van der Waals surface area contributed by atoms with Crippen molar-refractivity contribution in [1.82, 2.24) is 19.5 Å². The van der Waals surface area contributed by atoms with Gasteiger partial charge in [-0.3, -0.25) is 14.7 Å². The van der Waals surface area contributed by atoms with Crippen LogP contribution in [0.15, 0.2) is 47.6 Å². The number of hydrogen-bond donors (Lipinski definition) is 1. The highest BCUT2D eigenvalue weighted by Crippen LogP contribution is 2.29. The molecular formula is C24H32N4O5S. The Bertz CT molecular complexity index is 1070. The van der Waals surface area contributed by atoms with Crippen molar-refractivity contribution >= 4 is 15.9 Å². The van der Waals surface area contributed by atoms with Crippen LogP contribution in [0.2, 0.25) is 0 Å². The van der Waals surface area contributed by atoms with Crippen molar-refractivity contribution in [3.63, 3.8) is 0 Å². The fraction of sp³-hybridized carbons (Fsp3) is 0.500. The smallest absolute Gasteiger partial charge is 0.254 e. The Balaban J connectivity index is 1.53. The van der Waals surface area contributed by atoms with Gasteiger partial charge in [0.1, 0.15) is 10.6 Å². The van der Waals surface area contributed by atoms with Crippen LogP contribution >= 0.6 is 0 Å². The van der Waals surface area contributed by atoms with Crippen molar-refractivity contribution in [2.45, 2.75) is 36.7 Å². The number of morpholine rings is 1. The Labute approximate surface area is 201 Å². The maximum absolute atomic E-state index is 13.6. The lowest BCUT2D eigenvalue weighted by Crippen LogP contribution is -2.39. The number of pyridine rings is 1. The SMILES string of the molecule is COc1ccc(C(=O)N(CCCN2CCOCC2)Cc2ccncc2)cc1S(=O)(=O)NC1CC1. The molecule has 1 N–H and O–H groups in total. The first kappa shape index (κ1) is 24.6. The monoisotopic (exact) mass is 488 g/mol. The molecule has 0 radical (unpaired) electrons. The Morgan fingerprint density at radius 1 is 1.21 bits per heavy atom. The van der Waals surface area contributed by atoms with Gasteiger partial charge < -0.3 is 14.4 Å². The fourth-order valence-electron chi connectivity index (χ4n) is 3.96. The van der Waals surface area contributed by atoms with E-state index in [1.807, 2.05) is 12.1 Å². The summed E-state index contributed by atoms with van der Waals surface area (Å²) in [5.41, 5.74) is 1.28. The molecule has 1 saturated heterocycles. The molecule has 34 heavy (non-hydrogen) atoms. The summed E-state index contributed by atoms with van der Waals surface area (Å²) in [5.74, 6) is 0.00187. The molecule has 1 aromatic heterocycles. The summed E-state index contributed by atoms with van der Waals surface area (Å²) < 4.78 is 39.2. The number of hydrogen-bond acceptors (Lipinski definition) is 7. The molecule has 184 valence electrons. The van der Waals surface area contributed by atoms with Gasteiger partial charge in [-0.05, 0) is 55.2 Å². The van der Waals surface area contributed by atoms with Crippen molar-refractivity contribution in [2.75, 3.05) is 46.5 Å². The Hall–Kier alpha value is -2.53. The van der Waals surface area contributed by atoms with E-state index in [1.54, 1.807) is 29.4 Å². The molecule has 9 nitrogen and oxygen atoms in total. The summed E-state index contributed by atoms with van der Waals surface area (Å²) in [6, 6.07) is 8.31. The number of methoxy groups -OCH3 is 1. The van der Waals surface area contributed by atoms with Crippen molar-refractivity contribution in [3.8, 4) is 5.75 Å². The van der Waals surface area contributed by atoms with Gasteiger partial charge in [0.05, 0.1) is 20.3 Å². The average Bonchev–Trinajstić information content (AvgIpc) is 3.67. The van der Waals surface area contributed by atoms with Gasteiger partial charge in [-0.15, -0.1) is 0 Å². The van der Waals surface area contributed by atoms with E-state index in [9.17, 15) is 13.2 Å². The van der Waals surface area contributed by atoms with Crippen LogP contribution in [0.4, 0.5) is 0 Å². The zero-order valence-electron chi connectivity index (χ0n) is 19.5. The minimum atomic E-state index is -3.78. The minimum absolute atomic E-state index is 0.00933. The zero-order valence-corrected chi connectivity index (χ0v) is 20.3. The highest BCUT2D eigenvalue weighted by atomic mass is 32.2. The topological polar surface area (TPSA) is 101 Å². The second-order valence-electron chi connectivity index (χ2n) is 8.65. The second-order valence-corrected chi connectivity index (χ2v) is 10.3. The summed E-state index contributed by atoms with van der Waals surface area (Å²) in [5, 5.41) is 0. The van der Waals surface area contributed by atoms with Crippen LogP contribution in [0.25, 0.3) is 0 Å². The minimum Gasteiger partial charge on any atom is -0.495 e. The molecule has 1 aliphatic carbocycles. The summed E-state index contributed by atoms with van der Waals surface area (Å²) in [6.07, 6.45) is 5.86. The van der Waals surface area contributed by atoms with Crippen LogP contribution in [0.5, 0.6) is 5.75 Å². The molecule has 10 heteroatoms. The number of aromatic nitrogens is 1. The Morgan fingerprint density at radius 2 is 1.94 bits per heavy atom. The third-order valence-corrected chi connectivity index (χ3v) is 7.56. The van der Waals surface area contributed by atoms with E-state index in [0.29, 0.717) is 18.7 Å². The number of ether oxygens (including phenoxy) is 2. The maximum atomic E-state index is 13.6. The number of amides is 1. The molecule has 1 amide bonds. The number of nitrogens with zero attached hydrogens (tertiary/aromatic N) is 3. The van der Waals surface area contributed by atoms with Crippen LogP contribution in [-0.2, 0) is 21.3 Å². The standard InChI is InChI=1S/C24H32N4O5S/c1-32-22-6-3-20(17-23(22)34(30,31)26-21-4-5-21)24(29)28(18-19-7-9-25-10-8-19)12-2-11-27-13-15-33-16-14-27/h3,6-10,17,21,26H,2,4-5,11-16,18H2,1H3. The predicted octanol–water partition coefficient (Wildman–Crippen LogP) is 1.90. The molecule has 0 unspecified atom stereocenters. The highest BCUT2D eigenvalue weighted by molar-refractivity contribution is 7.89. The van der Waals surface area contributed by atoms with Gasteiger partial charge in [0.15, 0.2) is 0 Å². The predicted molar refractivity (Wildman–Crippen MR) is 127 cm³/mol. The average molecular weight is 489 g/mol. The van der Waals surface area contributed by atoms with Crippen molar-refractivity contribution in [3.05, 3.63) is 53.9 Å². The van der Waals surface area contributed by atoms with Crippen molar-refractivity contribution in [2.24, 2.45) is 0 Å². The van der Waals surface area contributed by atoms with Crippen LogP contribution in [-0.4, -0.2) is 81.7 Å². The molecule has 2 heterocycles. The summed E-state index contributed by atoms with van der Waals surface area (Å²) in [4.78, 5) is 21.7.